The largest absolute Gasteiger partial charge is 0.486 e. The number of aryl methyl sites for hydroxylation is 2. The molecule has 5 heteroatoms. The third-order valence-electron chi connectivity index (χ3n) is 3.93. The summed E-state index contributed by atoms with van der Waals surface area (Å²) in [5.74, 6) is 1.51. The van der Waals surface area contributed by atoms with E-state index in [9.17, 15) is 4.79 Å². The van der Waals surface area contributed by atoms with Crippen molar-refractivity contribution in [2.45, 2.75) is 25.9 Å². The van der Waals surface area contributed by atoms with E-state index in [4.69, 9.17) is 13.9 Å². The van der Waals surface area contributed by atoms with Crippen molar-refractivity contribution in [3.8, 4) is 5.75 Å². The molecule has 0 saturated carbocycles. The lowest BCUT2D eigenvalue weighted by Gasteiger charge is -2.06. The molecule has 1 aromatic carbocycles. The van der Waals surface area contributed by atoms with E-state index in [-0.39, 0.29) is 11.7 Å². The summed E-state index contributed by atoms with van der Waals surface area (Å²) in [5.41, 5.74) is 2.80. The molecule has 5 nitrogen and oxygen atoms in total. The molecule has 1 heterocycles. The predicted molar refractivity (Wildman–Crippen MR) is 85.7 cm³/mol. The summed E-state index contributed by atoms with van der Waals surface area (Å²) in [4.78, 5) is 11.8. The van der Waals surface area contributed by atoms with Crippen molar-refractivity contribution in [3.05, 3.63) is 53.0 Å². The maximum absolute atomic E-state index is 11.8. The molecular formula is C18H21NO4. The van der Waals surface area contributed by atoms with Crippen LogP contribution in [0, 0.1) is 0 Å². The number of rotatable bonds is 7. The van der Waals surface area contributed by atoms with Gasteiger partial charge in [0.2, 0.25) is 0 Å². The van der Waals surface area contributed by atoms with Crippen molar-refractivity contribution in [1.29, 1.82) is 0 Å². The number of fused-ring (bicyclic) bond motifs is 1. The van der Waals surface area contributed by atoms with Crippen molar-refractivity contribution in [2.24, 2.45) is 0 Å². The topological polar surface area (TPSA) is 60.7 Å². The summed E-state index contributed by atoms with van der Waals surface area (Å²) in [7, 11) is 1.59. The van der Waals surface area contributed by atoms with Crippen LogP contribution in [-0.2, 0) is 24.2 Å². The average Bonchev–Trinajstić information content (AvgIpc) is 3.21. The molecule has 1 N–H and O–H groups in total. The molecule has 0 unspecified atom stereocenters. The number of amides is 1. The fraction of sp³-hybridized carbons (Fsp3) is 0.389. The molecule has 3 rings (SSSR count). The summed E-state index contributed by atoms with van der Waals surface area (Å²) >= 11 is 0. The summed E-state index contributed by atoms with van der Waals surface area (Å²) in [6, 6.07) is 9.64. The van der Waals surface area contributed by atoms with Crippen LogP contribution in [0.25, 0.3) is 0 Å². The molecule has 1 aliphatic carbocycles. The number of ether oxygens (including phenoxy) is 2. The van der Waals surface area contributed by atoms with E-state index in [1.54, 1.807) is 19.2 Å². The van der Waals surface area contributed by atoms with Gasteiger partial charge in [0.05, 0.1) is 6.61 Å². The monoisotopic (exact) mass is 315 g/mol. The summed E-state index contributed by atoms with van der Waals surface area (Å²) < 4.78 is 16.2. The SMILES string of the molecule is COCCNC(=O)c1ccc(COc2ccc3c(c2)CCC3)o1. The van der Waals surface area contributed by atoms with Crippen LogP contribution in [0.15, 0.2) is 34.7 Å². The highest BCUT2D eigenvalue weighted by atomic mass is 16.5. The zero-order valence-corrected chi connectivity index (χ0v) is 13.3. The third kappa shape index (κ3) is 3.93. The molecule has 122 valence electrons. The minimum Gasteiger partial charge on any atom is -0.486 e. The molecule has 23 heavy (non-hydrogen) atoms. The maximum Gasteiger partial charge on any atom is 0.287 e. The van der Waals surface area contributed by atoms with Crippen LogP contribution in [-0.4, -0.2) is 26.2 Å². The quantitative estimate of drug-likeness (QED) is 0.798. The van der Waals surface area contributed by atoms with Gasteiger partial charge in [-0.15, -0.1) is 0 Å². The first-order valence-corrected chi connectivity index (χ1v) is 7.87. The normalized spacial score (nSPS) is 12.9. The van der Waals surface area contributed by atoms with E-state index in [0.29, 0.717) is 25.5 Å². The fourth-order valence-corrected chi connectivity index (χ4v) is 2.72. The molecule has 0 saturated heterocycles. The van der Waals surface area contributed by atoms with Crippen LogP contribution >= 0.6 is 0 Å². The first-order chi connectivity index (χ1) is 11.3. The Hall–Kier alpha value is -2.27. The Morgan fingerprint density at radius 2 is 2.09 bits per heavy atom. The van der Waals surface area contributed by atoms with Gasteiger partial charge in [-0.1, -0.05) is 6.07 Å². The number of carbonyl (C=O) groups excluding carboxylic acids is 1. The van der Waals surface area contributed by atoms with Gasteiger partial charge in [0.25, 0.3) is 5.91 Å². The number of methoxy groups -OCH3 is 1. The van der Waals surface area contributed by atoms with Gasteiger partial charge in [-0.05, 0) is 54.7 Å². The van der Waals surface area contributed by atoms with E-state index < -0.39 is 0 Å². The highest BCUT2D eigenvalue weighted by Crippen LogP contribution is 2.26. The van der Waals surface area contributed by atoms with Crippen LogP contribution in [0.2, 0.25) is 0 Å². The standard InChI is InChI=1S/C18H21NO4/c1-21-10-9-19-18(20)17-8-7-16(23-17)12-22-15-6-5-13-3-2-4-14(13)11-15/h5-8,11H,2-4,9-10,12H2,1H3,(H,19,20). The van der Waals surface area contributed by atoms with Gasteiger partial charge in [0.15, 0.2) is 5.76 Å². The van der Waals surface area contributed by atoms with Crippen LogP contribution < -0.4 is 10.1 Å². The van der Waals surface area contributed by atoms with Crippen LogP contribution in [0.4, 0.5) is 0 Å². The Morgan fingerprint density at radius 1 is 1.22 bits per heavy atom. The second-order valence-corrected chi connectivity index (χ2v) is 5.59. The van der Waals surface area contributed by atoms with E-state index in [2.05, 4.69) is 17.4 Å². The molecule has 1 amide bonds. The Bertz CT molecular complexity index is 677. The van der Waals surface area contributed by atoms with Crippen molar-refractivity contribution in [1.82, 2.24) is 5.32 Å². The lowest BCUT2D eigenvalue weighted by Crippen LogP contribution is -2.26. The molecule has 0 radical (unpaired) electrons. The lowest BCUT2D eigenvalue weighted by molar-refractivity contribution is 0.0905. The predicted octanol–water partition coefficient (Wildman–Crippen LogP) is 2.72. The van der Waals surface area contributed by atoms with Gasteiger partial charge >= 0.3 is 0 Å². The summed E-state index contributed by atoms with van der Waals surface area (Å²) in [5, 5.41) is 2.72. The number of furan rings is 1. The Balaban J connectivity index is 1.54. The Kier molecular flexibility index (Phi) is 4.98. The number of carbonyl (C=O) groups is 1. The van der Waals surface area contributed by atoms with Crippen LogP contribution in [0.1, 0.15) is 33.9 Å². The fourth-order valence-electron chi connectivity index (χ4n) is 2.72. The van der Waals surface area contributed by atoms with Gasteiger partial charge in [0, 0.05) is 13.7 Å². The molecule has 0 aliphatic heterocycles. The van der Waals surface area contributed by atoms with Crippen LogP contribution in [0.5, 0.6) is 5.75 Å². The Labute approximate surface area is 135 Å². The van der Waals surface area contributed by atoms with Gasteiger partial charge in [-0.3, -0.25) is 4.79 Å². The molecule has 0 fully saturated rings. The average molecular weight is 315 g/mol. The van der Waals surface area contributed by atoms with Crippen molar-refractivity contribution >= 4 is 5.91 Å². The summed E-state index contributed by atoms with van der Waals surface area (Å²) in [6.45, 7) is 1.24. The maximum atomic E-state index is 11.8. The minimum atomic E-state index is -0.245. The summed E-state index contributed by atoms with van der Waals surface area (Å²) in [6.07, 6.45) is 3.51. The van der Waals surface area contributed by atoms with E-state index >= 15 is 0 Å². The molecule has 1 aliphatic rings. The van der Waals surface area contributed by atoms with E-state index in [0.717, 1.165) is 18.6 Å². The van der Waals surface area contributed by atoms with Gasteiger partial charge in [-0.25, -0.2) is 0 Å². The number of nitrogens with one attached hydrogen (secondary N) is 1. The molecule has 2 aromatic rings. The zero-order chi connectivity index (χ0) is 16.1. The van der Waals surface area contributed by atoms with Gasteiger partial charge in [0.1, 0.15) is 18.1 Å². The second-order valence-electron chi connectivity index (χ2n) is 5.59. The minimum absolute atomic E-state index is 0.245. The highest BCUT2D eigenvalue weighted by Gasteiger charge is 2.13. The molecule has 0 atom stereocenters. The first-order valence-electron chi connectivity index (χ1n) is 7.87. The molecular weight excluding hydrogens is 294 g/mol. The van der Waals surface area contributed by atoms with Crippen molar-refractivity contribution in [3.63, 3.8) is 0 Å². The smallest absolute Gasteiger partial charge is 0.287 e. The molecule has 0 bridgehead atoms. The van der Waals surface area contributed by atoms with Gasteiger partial charge < -0.3 is 19.2 Å². The van der Waals surface area contributed by atoms with Crippen molar-refractivity contribution in [2.75, 3.05) is 20.3 Å². The third-order valence-corrected chi connectivity index (χ3v) is 3.93. The second kappa shape index (κ2) is 7.33. The van der Waals surface area contributed by atoms with E-state index in [1.165, 1.54) is 17.5 Å². The van der Waals surface area contributed by atoms with E-state index in [1.807, 2.05) is 6.07 Å². The Morgan fingerprint density at radius 3 is 2.96 bits per heavy atom. The first kappa shape index (κ1) is 15.6. The number of hydrogen-bond donors (Lipinski definition) is 1. The highest BCUT2D eigenvalue weighted by molar-refractivity contribution is 5.91. The molecule has 0 spiro atoms. The van der Waals surface area contributed by atoms with Crippen molar-refractivity contribution < 1.29 is 18.7 Å². The van der Waals surface area contributed by atoms with Crippen LogP contribution in [0.3, 0.4) is 0 Å². The number of benzene rings is 1. The van der Waals surface area contributed by atoms with Gasteiger partial charge in [-0.2, -0.15) is 0 Å². The zero-order valence-electron chi connectivity index (χ0n) is 13.3. The molecule has 1 aromatic heterocycles. The number of hydrogen-bond acceptors (Lipinski definition) is 4. The lowest BCUT2D eigenvalue weighted by atomic mass is 10.1.